The Kier molecular flexibility index (Phi) is 4.10. The Bertz CT molecular complexity index is 632. The molecule has 21 heavy (non-hydrogen) atoms. The van der Waals surface area contributed by atoms with E-state index in [1.165, 1.54) is 0 Å². The van der Waals surface area contributed by atoms with Crippen LogP contribution in [0.5, 0.6) is 17.2 Å². The largest absolute Gasteiger partial charge is 0.493 e. The van der Waals surface area contributed by atoms with Crippen LogP contribution in [0.4, 0.5) is 0 Å². The second kappa shape index (κ2) is 6.35. The highest BCUT2D eigenvalue weighted by Gasteiger charge is 2.17. The SMILES string of the molecule is COc1ccc2c(c1OCc1ccccc1)CC=CCO2. The van der Waals surface area contributed by atoms with Crippen LogP contribution in [0, 0.1) is 0 Å². The molecule has 1 aliphatic heterocycles. The maximum atomic E-state index is 6.03. The maximum Gasteiger partial charge on any atom is 0.168 e. The third kappa shape index (κ3) is 3.02. The monoisotopic (exact) mass is 282 g/mol. The van der Waals surface area contributed by atoms with E-state index in [0.29, 0.717) is 13.2 Å². The van der Waals surface area contributed by atoms with Gasteiger partial charge in [-0.3, -0.25) is 0 Å². The van der Waals surface area contributed by atoms with Crippen LogP contribution in [0.2, 0.25) is 0 Å². The van der Waals surface area contributed by atoms with Crippen molar-refractivity contribution in [1.29, 1.82) is 0 Å². The number of hydrogen-bond acceptors (Lipinski definition) is 3. The number of hydrogen-bond donors (Lipinski definition) is 0. The van der Waals surface area contributed by atoms with Crippen molar-refractivity contribution in [3.05, 3.63) is 65.7 Å². The van der Waals surface area contributed by atoms with Gasteiger partial charge >= 0.3 is 0 Å². The zero-order valence-electron chi connectivity index (χ0n) is 12.0. The molecule has 0 saturated heterocycles. The zero-order valence-corrected chi connectivity index (χ0v) is 12.0. The predicted octanol–water partition coefficient (Wildman–Crippen LogP) is 3.77. The first-order chi connectivity index (χ1) is 10.4. The molecule has 0 aliphatic carbocycles. The summed E-state index contributed by atoms with van der Waals surface area (Å²) in [6.45, 7) is 1.11. The standard InChI is InChI=1S/C18H18O3/c1-19-17-11-10-16-15(9-5-6-12-20-16)18(17)21-13-14-7-3-2-4-8-14/h2-8,10-11H,9,12-13H2,1H3. The Hall–Kier alpha value is -2.42. The molecule has 3 rings (SSSR count). The van der Waals surface area contributed by atoms with Gasteiger partial charge in [-0.2, -0.15) is 0 Å². The van der Waals surface area contributed by atoms with Gasteiger partial charge in [-0.25, -0.2) is 0 Å². The first-order valence-corrected chi connectivity index (χ1v) is 7.03. The highest BCUT2D eigenvalue weighted by molar-refractivity contribution is 5.55. The van der Waals surface area contributed by atoms with E-state index in [2.05, 4.69) is 6.08 Å². The molecule has 1 aliphatic rings. The summed E-state index contributed by atoms with van der Waals surface area (Å²) in [6, 6.07) is 13.9. The van der Waals surface area contributed by atoms with Gasteiger partial charge in [0.2, 0.25) is 0 Å². The summed E-state index contributed by atoms with van der Waals surface area (Å²) in [4.78, 5) is 0. The third-order valence-electron chi connectivity index (χ3n) is 3.45. The minimum absolute atomic E-state index is 0.511. The van der Waals surface area contributed by atoms with E-state index >= 15 is 0 Å². The summed E-state index contributed by atoms with van der Waals surface area (Å²) in [6.07, 6.45) is 4.91. The van der Waals surface area contributed by atoms with Gasteiger partial charge in [-0.15, -0.1) is 0 Å². The van der Waals surface area contributed by atoms with Gasteiger partial charge in [-0.1, -0.05) is 42.5 Å². The number of ether oxygens (including phenoxy) is 3. The summed E-state index contributed by atoms with van der Waals surface area (Å²) < 4.78 is 17.2. The van der Waals surface area contributed by atoms with Crippen molar-refractivity contribution in [3.8, 4) is 17.2 Å². The van der Waals surface area contributed by atoms with Crippen molar-refractivity contribution in [2.45, 2.75) is 13.0 Å². The van der Waals surface area contributed by atoms with Crippen LogP contribution < -0.4 is 14.2 Å². The van der Waals surface area contributed by atoms with E-state index in [0.717, 1.165) is 34.8 Å². The molecule has 1 heterocycles. The van der Waals surface area contributed by atoms with Crippen molar-refractivity contribution >= 4 is 0 Å². The molecule has 3 heteroatoms. The molecule has 0 amide bonds. The summed E-state index contributed by atoms with van der Waals surface area (Å²) in [7, 11) is 1.66. The van der Waals surface area contributed by atoms with Gasteiger partial charge in [0.1, 0.15) is 19.0 Å². The lowest BCUT2D eigenvalue weighted by atomic mass is 10.1. The Morgan fingerprint density at radius 3 is 2.71 bits per heavy atom. The van der Waals surface area contributed by atoms with E-state index in [-0.39, 0.29) is 0 Å². The van der Waals surface area contributed by atoms with Crippen LogP contribution in [0.15, 0.2) is 54.6 Å². The number of fused-ring (bicyclic) bond motifs is 1. The Balaban J connectivity index is 1.90. The highest BCUT2D eigenvalue weighted by atomic mass is 16.5. The number of methoxy groups -OCH3 is 1. The second-order valence-corrected chi connectivity index (χ2v) is 4.83. The van der Waals surface area contributed by atoms with E-state index in [1.54, 1.807) is 7.11 Å². The minimum Gasteiger partial charge on any atom is -0.493 e. The molecule has 3 nitrogen and oxygen atoms in total. The molecule has 0 aromatic heterocycles. The molecule has 0 bridgehead atoms. The van der Waals surface area contributed by atoms with Crippen molar-refractivity contribution in [3.63, 3.8) is 0 Å². The fourth-order valence-corrected chi connectivity index (χ4v) is 2.37. The van der Waals surface area contributed by atoms with Crippen LogP contribution in [-0.4, -0.2) is 13.7 Å². The molecule has 2 aromatic rings. The predicted molar refractivity (Wildman–Crippen MR) is 82.1 cm³/mol. The normalized spacial score (nSPS) is 13.0. The molecule has 0 fully saturated rings. The first-order valence-electron chi connectivity index (χ1n) is 7.03. The summed E-state index contributed by atoms with van der Waals surface area (Å²) in [5, 5.41) is 0. The van der Waals surface area contributed by atoms with Crippen molar-refractivity contribution in [2.75, 3.05) is 13.7 Å². The molecule has 0 unspecified atom stereocenters. The molecule has 2 aromatic carbocycles. The van der Waals surface area contributed by atoms with Crippen LogP contribution in [-0.2, 0) is 13.0 Å². The molecule has 108 valence electrons. The Morgan fingerprint density at radius 1 is 1.05 bits per heavy atom. The van der Waals surface area contributed by atoms with Gasteiger partial charge in [0.15, 0.2) is 11.5 Å². The summed E-state index contributed by atoms with van der Waals surface area (Å²) in [5.74, 6) is 2.37. The Labute approximate surface area is 124 Å². The van der Waals surface area contributed by atoms with E-state index in [1.807, 2.05) is 48.5 Å². The lowest BCUT2D eigenvalue weighted by molar-refractivity contribution is 0.278. The molecule has 0 atom stereocenters. The minimum atomic E-state index is 0.511. The first kappa shape index (κ1) is 13.6. The molecule has 0 spiro atoms. The van der Waals surface area contributed by atoms with Gasteiger partial charge in [0.05, 0.1) is 7.11 Å². The van der Waals surface area contributed by atoms with Gasteiger partial charge in [0.25, 0.3) is 0 Å². The zero-order chi connectivity index (χ0) is 14.5. The summed E-state index contributed by atoms with van der Waals surface area (Å²) in [5.41, 5.74) is 2.17. The molecule has 0 radical (unpaired) electrons. The highest BCUT2D eigenvalue weighted by Crippen LogP contribution is 2.39. The van der Waals surface area contributed by atoms with E-state index in [4.69, 9.17) is 14.2 Å². The fraction of sp³-hybridized carbons (Fsp3) is 0.222. The molecule has 0 saturated carbocycles. The number of allylic oxidation sites excluding steroid dienone is 1. The van der Waals surface area contributed by atoms with Crippen LogP contribution in [0.25, 0.3) is 0 Å². The van der Waals surface area contributed by atoms with Gasteiger partial charge in [0, 0.05) is 5.56 Å². The molecular formula is C18H18O3. The van der Waals surface area contributed by atoms with Gasteiger partial charge < -0.3 is 14.2 Å². The van der Waals surface area contributed by atoms with Crippen molar-refractivity contribution in [2.24, 2.45) is 0 Å². The number of benzene rings is 2. The van der Waals surface area contributed by atoms with Gasteiger partial charge in [-0.05, 0) is 24.1 Å². The molecular weight excluding hydrogens is 264 g/mol. The van der Waals surface area contributed by atoms with E-state index in [9.17, 15) is 0 Å². The topological polar surface area (TPSA) is 27.7 Å². The summed E-state index contributed by atoms with van der Waals surface area (Å²) >= 11 is 0. The van der Waals surface area contributed by atoms with Crippen LogP contribution in [0.3, 0.4) is 0 Å². The van der Waals surface area contributed by atoms with E-state index < -0.39 is 0 Å². The second-order valence-electron chi connectivity index (χ2n) is 4.83. The lowest BCUT2D eigenvalue weighted by Crippen LogP contribution is -2.02. The lowest BCUT2D eigenvalue weighted by Gasteiger charge is -2.17. The van der Waals surface area contributed by atoms with Crippen LogP contribution >= 0.6 is 0 Å². The van der Waals surface area contributed by atoms with Crippen LogP contribution in [0.1, 0.15) is 11.1 Å². The average molecular weight is 282 g/mol. The molecule has 0 N–H and O–H groups in total. The Morgan fingerprint density at radius 2 is 1.90 bits per heavy atom. The average Bonchev–Trinajstić information content (AvgIpc) is 2.79. The van der Waals surface area contributed by atoms with Crippen molar-refractivity contribution < 1.29 is 14.2 Å². The smallest absolute Gasteiger partial charge is 0.168 e. The maximum absolute atomic E-state index is 6.03. The van der Waals surface area contributed by atoms with Crippen molar-refractivity contribution in [1.82, 2.24) is 0 Å². The number of rotatable bonds is 4. The third-order valence-corrected chi connectivity index (χ3v) is 3.45. The fourth-order valence-electron chi connectivity index (χ4n) is 2.37. The quantitative estimate of drug-likeness (QED) is 0.799.